The molecule has 0 spiro atoms. The molecule has 3 rings (SSSR count). The van der Waals surface area contributed by atoms with E-state index in [4.69, 9.17) is 0 Å². The molecular weight excluding hydrogens is 322 g/mol. The second-order valence-electron chi connectivity index (χ2n) is 6.31. The molecule has 0 radical (unpaired) electrons. The predicted molar refractivity (Wildman–Crippen MR) is 105 cm³/mol. The van der Waals surface area contributed by atoms with Gasteiger partial charge in [0.25, 0.3) is 0 Å². The zero-order valence-electron chi connectivity index (χ0n) is 15.4. The normalized spacial score (nSPS) is 11.0. The van der Waals surface area contributed by atoms with E-state index in [9.17, 15) is 4.79 Å². The van der Waals surface area contributed by atoms with Gasteiger partial charge in [-0.2, -0.15) is 5.10 Å². The molecule has 0 saturated heterocycles. The minimum absolute atomic E-state index is 0.112. The van der Waals surface area contributed by atoms with Crippen LogP contribution in [-0.4, -0.2) is 15.7 Å². The van der Waals surface area contributed by atoms with Crippen molar-refractivity contribution in [3.05, 3.63) is 88.8 Å². The first-order valence-electron chi connectivity index (χ1n) is 8.68. The van der Waals surface area contributed by atoms with E-state index in [1.54, 1.807) is 6.08 Å². The average molecular weight is 345 g/mol. The number of hydrogen-bond acceptors (Lipinski definition) is 2. The van der Waals surface area contributed by atoms with Crippen LogP contribution in [0.2, 0.25) is 0 Å². The number of benzene rings is 2. The van der Waals surface area contributed by atoms with E-state index < -0.39 is 0 Å². The van der Waals surface area contributed by atoms with Crippen molar-refractivity contribution in [1.82, 2.24) is 15.1 Å². The Morgan fingerprint density at radius 1 is 1.04 bits per heavy atom. The molecule has 0 atom stereocenters. The van der Waals surface area contributed by atoms with E-state index in [1.807, 2.05) is 86.1 Å². The van der Waals surface area contributed by atoms with Gasteiger partial charge in [-0.25, -0.2) is 4.68 Å². The molecule has 0 unspecified atom stereocenters. The lowest BCUT2D eigenvalue weighted by Crippen LogP contribution is -2.20. The van der Waals surface area contributed by atoms with E-state index >= 15 is 0 Å². The highest BCUT2D eigenvalue weighted by atomic mass is 16.1. The van der Waals surface area contributed by atoms with Crippen molar-refractivity contribution in [2.45, 2.75) is 27.3 Å². The second-order valence-corrected chi connectivity index (χ2v) is 6.31. The van der Waals surface area contributed by atoms with Gasteiger partial charge in [0.2, 0.25) is 5.91 Å². The van der Waals surface area contributed by atoms with Crippen molar-refractivity contribution in [2.75, 3.05) is 0 Å². The van der Waals surface area contributed by atoms with E-state index in [1.165, 1.54) is 5.56 Å². The summed E-state index contributed by atoms with van der Waals surface area (Å²) < 4.78 is 1.90. The van der Waals surface area contributed by atoms with Crippen molar-refractivity contribution < 1.29 is 4.79 Å². The summed E-state index contributed by atoms with van der Waals surface area (Å²) in [6.07, 6.45) is 3.41. The molecule has 0 bridgehead atoms. The first-order valence-corrected chi connectivity index (χ1v) is 8.68. The third-order valence-corrected chi connectivity index (χ3v) is 4.46. The molecule has 1 heterocycles. The van der Waals surface area contributed by atoms with Gasteiger partial charge in [0.15, 0.2) is 0 Å². The Labute approximate surface area is 154 Å². The van der Waals surface area contributed by atoms with Crippen LogP contribution in [0.25, 0.3) is 11.8 Å². The summed E-state index contributed by atoms with van der Waals surface area (Å²) in [5.41, 5.74) is 6.19. The largest absolute Gasteiger partial charge is 0.348 e. The van der Waals surface area contributed by atoms with Gasteiger partial charge < -0.3 is 5.32 Å². The summed E-state index contributed by atoms with van der Waals surface area (Å²) in [5, 5.41) is 7.53. The summed E-state index contributed by atoms with van der Waals surface area (Å²) in [6.45, 7) is 6.54. The molecule has 1 aromatic heterocycles. The number of rotatable bonds is 5. The number of nitrogens with one attached hydrogen (secondary N) is 1. The van der Waals surface area contributed by atoms with E-state index in [0.29, 0.717) is 6.54 Å². The number of para-hydroxylation sites is 1. The summed E-state index contributed by atoms with van der Waals surface area (Å²) in [7, 11) is 0. The molecule has 0 fully saturated rings. The van der Waals surface area contributed by atoms with Crippen molar-refractivity contribution in [2.24, 2.45) is 0 Å². The molecule has 0 aliphatic carbocycles. The first kappa shape index (κ1) is 17.7. The summed E-state index contributed by atoms with van der Waals surface area (Å²) >= 11 is 0. The molecule has 0 aliphatic rings. The van der Waals surface area contributed by atoms with Gasteiger partial charge in [-0.3, -0.25) is 4.79 Å². The number of carbonyl (C=O) groups is 1. The molecule has 4 heteroatoms. The molecule has 3 aromatic rings. The van der Waals surface area contributed by atoms with Crippen LogP contribution in [-0.2, 0) is 11.3 Å². The van der Waals surface area contributed by atoms with Crippen molar-refractivity contribution in [3.63, 3.8) is 0 Å². The number of aryl methyl sites for hydroxylation is 2. The maximum Gasteiger partial charge on any atom is 0.244 e. The maximum absolute atomic E-state index is 12.2. The molecule has 4 nitrogen and oxygen atoms in total. The number of carbonyl (C=O) groups excluding carboxylic acids is 1. The summed E-state index contributed by atoms with van der Waals surface area (Å²) in [4.78, 5) is 12.2. The van der Waals surface area contributed by atoms with Gasteiger partial charge in [0, 0.05) is 23.9 Å². The maximum atomic E-state index is 12.2. The van der Waals surface area contributed by atoms with Crippen LogP contribution in [0, 0.1) is 20.8 Å². The van der Waals surface area contributed by atoms with E-state index in [2.05, 4.69) is 10.4 Å². The number of amides is 1. The number of aromatic nitrogens is 2. The highest BCUT2D eigenvalue weighted by molar-refractivity contribution is 5.92. The van der Waals surface area contributed by atoms with Crippen molar-refractivity contribution in [1.29, 1.82) is 0 Å². The molecule has 0 aliphatic heterocycles. The fourth-order valence-electron chi connectivity index (χ4n) is 2.93. The van der Waals surface area contributed by atoms with E-state index in [-0.39, 0.29) is 5.91 Å². The lowest BCUT2D eigenvalue weighted by molar-refractivity contribution is -0.116. The molecule has 132 valence electrons. The second kappa shape index (κ2) is 7.83. The van der Waals surface area contributed by atoms with Crippen LogP contribution in [0.15, 0.2) is 60.7 Å². The fourth-order valence-corrected chi connectivity index (χ4v) is 2.93. The molecule has 0 saturated carbocycles. The van der Waals surface area contributed by atoms with E-state index in [0.717, 1.165) is 28.2 Å². The van der Waals surface area contributed by atoms with Crippen LogP contribution in [0.5, 0.6) is 0 Å². The van der Waals surface area contributed by atoms with Gasteiger partial charge in [-0.1, -0.05) is 42.5 Å². The van der Waals surface area contributed by atoms with Gasteiger partial charge in [0.1, 0.15) is 0 Å². The fraction of sp³-hybridized carbons (Fsp3) is 0.182. The average Bonchev–Trinajstić information content (AvgIpc) is 2.94. The Kier molecular flexibility index (Phi) is 5.32. The highest BCUT2D eigenvalue weighted by Crippen LogP contribution is 2.19. The quantitative estimate of drug-likeness (QED) is 0.707. The Morgan fingerprint density at radius 2 is 1.73 bits per heavy atom. The lowest BCUT2D eigenvalue weighted by atomic mass is 10.1. The zero-order valence-corrected chi connectivity index (χ0v) is 15.4. The van der Waals surface area contributed by atoms with Crippen LogP contribution in [0.1, 0.15) is 28.1 Å². The topological polar surface area (TPSA) is 46.9 Å². The number of hydrogen-bond donors (Lipinski definition) is 1. The molecular formula is C22H23N3O. The first-order chi connectivity index (χ1) is 12.6. The Balaban J connectivity index is 1.71. The lowest BCUT2D eigenvalue weighted by Gasteiger charge is -2.06. The summed E-state index contributed by atoms with van der Waals surface area (Å²) in [5.74, 6) is -0.112. The summed E-state index contributed by atoms with van der Waals surface area (Å²) in [6, 6.07) is 18.0. The third kappa shape index (κ3) is 3.91. The molecule has 26 heavy (non-hydrogen) atoms. The third-order valence-electron chi connectivity index (χ3n) is 4.46. The highest BCUT2D eigenvalue weighted by Gasteiger charge is 2.10. The standard InChI is InChI=1S/C22H23N3O/c1-16-9-7-8-10-19(16)15-23-22(26)14-13-21-17(2)24-25(18(21)3)20-11-5-4-6-12-20/h4-14H,15H2,1-3H3,(H,23,26)/b14-13+. The van der Waals surface area contributed by atoms with Gasteiger partial charge in [0.05, 0.1) is 11.4 Å². The van der Waals surface area contributed by atoms with Crippen LogP contribution >= 0.6 is 0 Å². The van der Waals surface area contributed by atoms with Crippen molar-refractivity contribution in [3.8, 4) is 5.69 Å². The molecule has 1 N–H and O–H groups in total. The Morgan fingerprint density at radius 3 is 2.46 bits per heavy atom. The van der Waals surface area contributed by atoms with Crippen LogP contribution in [0.3, 0.4) is 0 Å². The van der Waals surface area contributed by atoms with Gasteiger partial charge in [-0.15, -0.1) is 0 Å². The Bertz CT molecular complexity index is 939. The molecule has 1 amide bonds. The minimum atomic E-state index is -0.112. The predicted octanol–water partition coefficient (Wildman–Crippen LogP) is 4.13. The monoisotopic (exact) mass is 345 g/mol. The SMILES string of the molecule is Cc1ccccc1CNC(=O)/C=C/c1c(C)nn(-c2ccccc2)c1C. The Hall–Kier alpha value is -3.14. The van der Waals surface area contributed by atoms with Crippen LogP contribution < -0.4 is 5.32 Å². The minimum Gasteiger partial charge on any atom is -0.348 e. The van der Waals surface area contributed by atoms with Gasteiger partial charge in [-0.05, 0) is 50.1 Å². The van der Waals surface area contributed by atoms with Crippen LogP contribution in [0.4, 0.5) is 0 Å². The number of nitrogens with zero attached hydrogens (tertiary/aromatic N) is 2. The van der Waals surface area contributed by atoms with Gasteiger partial charge >= 0.3 is 0 Å². The smallest absolute Gasteiger partial charge is 0.244 e. The molecule has 2 aromatic carbocycles. The zero-order chi connectivity index (χ0) is 18.5. The van der Waals surface area contributed by atoms with Crippen molar-refractivity contribution >= 4 is 12.0 Å².